The van der Waals surface area contributed by atoms with Crippen LogP contribution < -0.4 is 0 Å². The Hall–Kier alpha value is -1.62. The molecule has 0 aliphatic rings. The van der Waals surface area contributed by atoms with Crippen LogP contribution in [0, 0.1) is 0 Å². The van der Waals surface area contributed by atoms with E-state index in [2.05, 4.69) is 0 Å². The number of hydrogen-bond acceptors (Lipinski definition) is 2. The van der Waals surface area contributed by atoms with E-state index in [4.69, 9.17) is 3.97 Å². The molecule has 0 fully saturated rings. The molecular formula is C24H24NaO3PS. The van der Waals surface area contributed by atoms with Gasteiger partial charge in [0.1, 0.15) is 0 Å². The third-order valence-corrected chi connectivity index (χ3v) is 12.5. The zero-order valence-electron chi connectivity index (χ0n) is 15.8. The summed E-state index contributed by atoms with van der Waals surface area (Å²) >= 11 is 0. The van der Waals surface area contributed by atoms with E-state index in [1.807, 2.05) is 121 Å². The molecule has 0 bridgehead atoms. The molecular weight excluding hydrogens is 422 g/mol. The Balaban J connectivity index is 0.00000256. The van der Waals surface area contributed by atoms with Gasteiger partial charge in [0.2, 0.25) is 0 Å². The molecule has 0 heterocycles. The molecule has 6 heteroatoms. The van der Waals surface area contributed by atoms with E-state index in [0.717, 1.165) is 19.6 Å². The third-order valence-electron chi connectivity index (χ3n) is 5.26. The Morgan fingerprint density at radius 1 is 0.533 bits per heavy atom. The van der Waals surface area contributed by atoms with Gasteiger partial charge in [0, 0.05) is 19.6 Å². The summed E-state index contributed by atoms with van der Waals surface area (Å²) in [7, 11) is -7.28. The van der Waals surface area contributed by atoms with Crippen LogP contribution in [0.25, 0.3) is 0 Å². The maximum atomic E-state index is 12.5. The molecule has 0 aliphatic carbocycles. The Labute approximate surface area is 200 Å². The van der Waals surface area contributed by atoms with Crippen molar-refractivity contribution in [1.82, 2.24) is 0 Å². The summed E-state index contributed by atoms with van der Waals surface area (Å²) in [5.41, 5.74) is 0. The van der Waals surface area contributed by atoms with E-state index in [1.165, 1.54) is 0 Å². The molecule has 4 aromatic rings. The first kappa shape index (κ1) is 23.1. The number of hydrogen-bond donors (Lipinski definition) is 2. The van der Waals surface area contributed by atoms with Crippen molar-refractivity contribution in [2.45, 2.75) is 19.6 Å². The van der Waals surface area contributed by atoms with Crippen molar-refractivity contribution in [3.8, 4) is 0 Å². The predicted molar refractivity (Wildman–Crippen MR) is 127 cm³/mol. The first-order chi connectivity index (χ1) is 14.2. The van der Waals surface area contributed by atoms with Crippen LogP contribution in [0.5, 0.6) is 0 Å². The molecule has 4 aromatic carbocycles. The van der Waals surface area contributed by atoms with Crippen LogP contribution in [0.3, 0.4) is 0 Å². The Kier molecular flexibility index (Phi) is 7.43. The summed E-state index contributed by atoms with van der Waals surface area (Å²) in [6, 6.07) is 39.3. The molecule has 0 spiro atoms. The van der Waals surface area contributed by atoms with Crippen LogP contribution in [0.2, 0.25) is 0 Å². The van der Waals surface area contributed by atoms with E-state index in [0.29, 0.717) is 0 Å². The third kappa shape index (κ3) is 3.63. The van der Waals surface area contributed by atoms with E-state index in [-0.39, 0.29) is 29.6 Å². The van der Waals surface area contributed by atoms with Crippen LogP contribution in [0.1, 0.15) is 0 Å². The molecule has 150 valence electrons. The van der Waals surface area contributed by atoms with Gasteiger partial charge in [-0.2, -0.15) is 0 Å². The molecule has 0 amide bonds. The molecule has 0 saturated carbocycles. The van der Waals surface area contributed by atoms with E-state index >= 15 is 0 Å². The fourth-order valence-corrected chi connectivity index (χ4v) is 11.8. The minimum atomic E-state index is -3.95. The molecule has 0 aliphatic heterocycles. The molecule has 1 unspecified atom stereocenters. The van der Waals surface area contributed by atoms with Crippen molar-refractivity contribution in [2.75, 3.05) is 0 Å². The standard InChI is InChI=1S/C24H23O3PS.Na.H/c25-28(26)27-29(21-13-5-1-6-14-21,22-15-7-2-8-16-22,23-17-9-3-10-18-23)24-19-11-4-12-20-24;;/h1-20,28-29H,(H,25,26);;. The second kappa shape index (κ2) is 9.67. The average molecular weight is 446 g/mol. The van der Waals surface area contributed by atoms with Crippen LogP contribution in [-0.2, 0) is 8.54 Å². The van der Waals surface area contributed by atoms with Crippen molar-refractivity contribution < 1.29 is 13.4 Å². The Morgan fingerprint density at radius 2 is 0.767 bits per heavy atom. The summed E-state index contributed by atoms with van der Waals surface area (Å²) in [4.78, 5) is 13.8. The van der Waals surface area contributed by atoms with Crippen molar-refractivity contribution in [3.63, 3.8) is 0 Å². The molecule has 0 saturated heterocycles. The zero-order chi connectivity index (χ0) is 20.2. The molecule has 3 nitrogen and oxygen atoms in total. The molecule has 0 aromatic heterocycles. The fourth-order valence-electron chi connectivity index (χ4n) is 4.11. The molecule has 1 N–H and O–H groups in total. The summed E-state index contributed by atoms with van der Waals surface area (Å²) in [6.07, 6.45) is 0. The van der Waals surface area contributed by atoms with Gasteiger partial charge in [-0.1, -0.05) is 72.8 Å². The van der Waals surface area contributed by atoms with E-state index in [9.17, 15) is 9.46 Å². The SMILES string of the molecule is O=[PH](O)O[SH](c1ccccc1)(c1ccccc1)(c1ccccc1)c1ccccc1.[NaH]. The average Bonchev–Trinajstić information content (AvgIpc) is 2.80. The topological polar surface area (TPSA) is 46.5 Å². The van der Waals surface area contributed by atoms with Gasteiger partial charge in [-0.25, -0.2) is 0 Å². The molecule has 0 radical (unpaired) electrons. The number of thiol groups is 1. The summed E-state index contributed by atoms with van der Waals surface area (Å²) in [5.74, 6) is 0. The Morgan fingerprint density at radius 3 is 0.967 bits per heavy atom. The normalized spacial score (nSPS) is 13.4. The van der Waals surface area contributed by atoms with Gasteiger partial charge in [0.05, 0.1) is 0 Å². The quantitative estimate of drug-likeness (QED) is 0.218. The van der Waals surface area contributed by atoms with Gasteiger partial charge in [-0.05, 0) is 48.5 Å². The van der Waals surface area contributed by atoms with Gasteiger partial charge < -0.3 is 4.89 Å². The van der Waals surface area contributed by atoms with Crippen LogP contribution in [0.15, 0.2) is 141 Å². The van der Waals surface area contributed by atoms with E-state index in [1.54, 1.807) is 0 Å². The minimum absolute atomic E-state index is 0. The number of rotatable bonds is 6. The first-order valence-corrected chi connectivity index (χ1v) is 12.8. The van der Waals surface area contributed by atoms with Crippen LogP contribution in [0.4, 0.5) is 0 Å². The van der Waals surface area contributed by atoms with Gasteiger partial charge in [-0.3, -0.25) is 8.54 Å². The van der Waals surface area contributed by atoms with Crippen molar-refractivity contribution >= 4 is 47.3 Å². The monoisotopic (exact) mass is 446 g/mol. The van der Waals surface area contributed by atoms with Gasteiger partial charge in [0.15, 0.2) is 0 Å². The molecule has 4 rings (SSSR count). The van der Waals surface area contributed by atoms with Gasteiger partial charge in [-0.15, -0.1) is 9.44 Å². The fraction of sp³-hybridized carbons (Fsp3) is 0. The molecule has 30 heavy (non-hydrogen) atoms. The predicted octanol–water partition coefficient (Wildman–Crippen LogP) is 5.96. The van der Waals surface area contributed by atoms with Crippen molar-refractivity contribution in [3.05, 3.63) is 121 Å². The summed E-state index contributed by atoms with van der Waals surface area (Å²) < 4.78 is 18.9. The number of benzene rings is 4. The van der Waals surface area contributed by atoms with Crippen molar-refractivity contribution in [1.29, 1.82) is 0 Å². The van der Waals surface area contributed by atoms with E-state index < -0.39 is 17.7 Å². The first-order valence-electron chi connectivity index (χ1n) is 9.35. The van der Waals surface area contributed by atoms with Gasteiger partial charge >= 0.3 is 37.8 Å². The van der Waals surface area contributed by atoms with Crippen LogP contribution >= 0.6 is 17.7 Å². The second-order valence-electron chi connectivity index (χ2n) is 6.74. The maximum absolute atomic E-state index is 12.5. The summed E-state index contributed by atoms with van der Waals surface area (Å²) in [5, 5.41) is 0. The Bertz CT molecular complexity index is 941. The summed E-state index contributed by atoms with van der Waals surface area (Å²) in [6.45, 7) is 0. The van der Waals surface area contributed by atoms with Crippen LogP contribution in [-0.4, -0.2) is 34.5 Å². The second-order valence-corrected chi connectivity index (χ2v) is 12.1. The van der Waals surface area contributed by atoms with Gasteiger partial charge in [0.25, 0.3) is 0 Å². The molecule has 1 atom stereocenters. The van der Waals surface area contributed by atoms with Crippen molar-refractivity contribution in [2.24, 2.45) is 0 Å². The zero-order valence-corrected chi connectivity index (χ0v) is 17.7.